The lowest BCUT2D eigenvalue weighted by molar-refractivity contribution is -0.112. The molecule has 0 radical (unpaired) electrons. The molecule has 1 amide bonds. The number of carbonyl (C=O) groups is 1. The first-order chi connectivity index (χ1) is 16.1. The maximum absolute atomic E-state index is 12.6. The first kappa shape index (κ1) is 22.6. The van der Waals surface area contributed by atoms with Gasteiger partial charge in [-0.3, -0.25) is 9.69 Å². The topological polar surface area (TPSA) is 59.4 Å². The van der Waals surface area contributed by atoms with E-state index in [0.29, 0.717) is 10.7 Å². The van der Waals surface area contributed by atoms with Crippen molar-refractivity contribution in [1.82, 2.24) is 9.80 Å². The van der Waals surface area contributed by atoms with Crippen molar-refractivity contribution in [2.45, 2.75) is 6.04 Å². The Morgan fingerprint density at radius 2 is 1.52 bits per heavy atom. The fourth-order valence-electron chi connectivity index (χ4n) is 4.09. The molecular weight excluding hydrogens is 432 g/mol. The summed E-state index contributed by atoms with van der Waals surface area (Å²) in [6.07, 6.45) is 1.66. The fraction of sp³-hybridized carbons (Fsp3) is 0.185. The Bertz CT molecular complexity index is 1110. The van der Waals surface area contributed by atoms with Gasteiger partial charge < -0.3 is 10.2 Å². The molecule has 6 heteroatoms. The lowest BCUT2D eigenvalue weighted by Crippen LogP contribution is -2.46. The fourth-order valence-corrected chi connectivity index (χ4v) is 4.29. The second kappa shape index (κ2) is 10.8. The van der Waals surface area contributed by atoms with E-state index in [1.165, 1.54) is 11.1 Å². The maximum Gasteiger partial charge on any atom is 0.267 e. The van der Waals surface area contributed by atoms with Gasteiger partial charge >= 0.3 is 0 Å². The standard InChI is InChI=1S/C27H25ClN4O/c28-24-12-7-13-25(18-24)30-27(33)23(19-29)20-31-14-16-32(17-15-31)26(21-8-3-1-4-9-21)22-10-5-2-6-11-22/h1-13,18,20,26H,14-17H2,(H,30,33)/b23-20+. The monoisotopic (exact) mass is 456 g/mol. The summed E-state index contributed by atoms with van der Waals surface area (Å²) in [5, 5.41) is 12.8. The van der Waals surface area contributed by atoms with Gasteiger partial charge in [0, 0.05) is 43.1 Å². The van der Waals surface area contributed by atoms with Gasteiger partial charge in [0.05, 0.1) is 6.04 Å². The Kier molecular flexibility index (Phi) is 7.41. The number of nitrogens with one attached hydrogen (secondary N) is 1. The van der Waals surface area contributed by atoms with Crippen molar-refractivity contribution in [2.24, 2.45) is 0 Å². The summed E-state index contributed by atoms with van der Waals surface area (Å²) in [7, 11) is 0. The van der Waals surface area contributed by atoms with E-state index in [1.54, 1.807) is 30.5 Å². The van der Waals surface area contributed by atoms with E-state index in [2.05, 4.69) is 58.7 Å². The van der Waals surface area contributed by atoms with E-state index in [-0.39, 0.29) is 11.6 Å². The van der Waals surface area contributed by atoms with Gasteiger partial charge in [-0.1, -0.05) is 78.3 Å². The highest BCUT2D eigenvalue weighted by Crippen LogP contribution is 2.29. The largest absolute Gasteiger partial charge is 0.374 e. The lowest BCUT2D eigenvalue weighted by Gasteiger charge is -2.39. The first-order valence-corrected chi connectivity index (χ1v) is 11.3. The van der Waals surface area contributed by atoms with Crippen LogP contribution in [0.15, 0.2) is 96.7 Å². The molecular formula is C27H25ClN4O. The summed E-state index contributed by atoms with van der Waals surface area (Å²) in [6, 6.07) is 30.1. The first-order valence-electron chi connectivity index (χ1n) is 10.9. The van der Waals surface area contributed by atoms with Crippen LogP contribution in [0.5, 0.6) is 0 Å². The molecule has 0 bridgehead atoms. The average Bonchev–Trinajstić information content (AvgIpc) is 2.85. The maximum atomic E-state index is 12.6. The molecule has 0 aliphatic carbocycles. The number of halogens is 1. The summed E-state index contributed by atoms with van der Waals surface area (Å²) in [4.78, 5) is 17.1. The van der Waals surface area contributed by atoms with Crippen LogP contribution in [0.25, 0.3) is 0 Å². The molecule has 166 valence electrons. The van der Waals surface area contributed by atoms with Crippen molar-refractivity contribution in [3.05, 3.63) is 113 Å². The Hall–Kier alpha value is -3.59. The molecule has 1 saturated heterocycles. The van der Waals surface area contributed by atoms with Gasteiger partial charge in [0.2, 0.25) is 0 Å². The number of hydrogen-bond donors (Lipinski definition) is 1. The molecule has 1 fully saturated rings. The molecule has 33 heavy (non-hydrogen) atoms. The zero-order chi connectivity index (χ0) is 23.0. The number of carbonyl (C=O) groups excluding carboxylic acids is 1. The van der Waals surface area contributed by atoms with E-state index in [4.69, 9.17) is 11.6 Å². The third-order valence-corrected chi connectivity index (χ3v) is 5.94. The van der Waals surface area contributed by atoms with Crippen LogP contribution >= 0.6 is 11.6 Å². The molecule has 1 aliphatic rings. The second-order valence-electron chi connectivity index (χ2n) is 7.91. The summed E-state index contributed by atoms with van der Waals surface area (Å²) < 4.78 is 0. The third-order valence-electron chi connectivity index (χ3n) is 5.70. The molecule has 4 rings (SSSR count). The van der Waals surface area contributed by atoms with Gasteiger partial charge in [-0.25, -0.2) is 0 Å². The SMILES string of the molecule is N#C/C(=C\N1CCN(C(c2ccccc2)c2ccccc2)CC1)C(=O)Nc1cccc(Cl)c1. The molecule has 1 heterocycles. The highest BCUT2D eigenvalue weighted by molar-refractivity contribution is 6.31. The van der Waals surface area contributed by atoms with Gasteiger partial charge in [-0.2, -0.15) is 5.26 Å². The van der Waals surface area contributed by atoms with Crippen LogP contribution in [0.3, 0.4) is 0 Å². The normalized spacial score (nSPS) is 14.7. The summed E-state index contributed by atoms with van der Waals surface area (Å²) in [5.74, 6) is -0.436. The van der Waals surface area contributed by atoms with Crippen LogP contribution in [-0.2, 0) is 4.79 Å². The van der Waals surface area contributed by atoms with Gasteiger partial charge in [0.25, 0.3) is 5.91 Å². The molecule has 1 aliphatic heterocycles. The number of nitriles is 1. The van der Waals surface area contributed by atoms with Crippen molar-refractivity contribution in [2.75, 3.05) is 31.5 Å². The predicted octanol–water partition coefficient (Wildman–Crippen LogP) is 5.09. The minimum Gasteiger partial charge on any atom is -0.374 e. The zero-order valence-corrected chi connectivity index (χ0v) is 18.9. The minimum absolute atomic E-state index is 0.0751. The number of piperazine rings is 1. The molecule has 0 spiro atoms. The average molecular weight is 457 g/mol. The van der Waals surface area contributed by atoms with Crippen LogP contribution < -0.4 is 5.32 Å². The third kappa shape index (κ3) is 5.81. The van der Waals surface area contributed by atoms with Crippen LogP contribution in [0.4, 0.5) is 5.69 Å². The van der Waals surface area contributed by atoms with Gasteiger partial charge in [0.1, 0.15) is 11.6 Å². The van der Waals surface area contributed by atoms with Crippen molar-refractivity contribution in [1.29, 1.82) is 5.26 Å². The molecule has 3 aromatic carbocycles. The van der Waals surface area contributed by atoms with Crippen molar-refractivity contribution in [3.63, 3.8) is 0 Å². The minimum atomic E-state index is -0.436. The quantitative estimate of drug-likeness (QED) is 0.414. The number of hydrogen-bond acceptors (Lipinski definition) is 4. The van der Waals surface area contributed by atoms with Crippen LogP contribution in [0, 0.1) is 11.3 Å². The Labute approximate surface area is 199 Å². The molecule has 0 atom stereocenters. The second-order valence-corrected chi connectivity index (χ2v) is 8.35. The smallest absolute Gasteiger partial charge is 0.267 e. The number of nitrogens with zero attached hydrogens (tertiary/aromatic N) is 3. The Morgan fingerprint density at radius 3 is 2.06 bits per heavy atom. The Balaban J connectivity index is 1.45. The van der Waals surface area contributed by atoms with Gasteiger partial charge in [-0.15, -0.1) is 0 Å². The molecule has 0 aromatic heterocycles. The molecule has 0 unspecified atom stereocenters. The van der Waals surface area contributed by atoms with Crippen molar-refractivity contribution < 1.29 is 4.79 Å². The lowest BCUT2D eigenvalue weighted by atomic mass is 9.96. The van der Waals surface area contributed by atoms with E-state index in [1.807, 2.05) is 23.1 Å². The molecule has 5 nitrogen and oxygen atoms in total. The molecule has 1 N–H and O–H groups in total. The summed E-state index contributed by atoms with van der Waals surface area (Å²) in [6.45, 7) is 3.09. The van der Waals surface area contributed by atoms with Crippen LogP contribution in [0.2, 0.25) is 5.02 Å². The van der Waals surface area contributed by atoms with Crippen LogP contribution in [0.1, 0.15) is 17.2 Å². The zero-order valence-electron chi connectivity index (χ0n) is 18.2. The number of amides is 1. The number of anilines is 1. The van der Waals surface area contributed by atoms with E-state index in [0.717, 1.165) is 26.2 Å². The van der Waals surface area contributed by atoms with Crippen LogP contribution in [-0.4, -0.2) is 41.9 Å². The Morgan fingerprint density at radius 1 is 0.909 bits per heavy atom. The van der Waals surface area contributed by atoms with Crippen molar-refractivity contribution in [3.8, 4) is 6.07 Å². The molecule has 3 aromatic rings. The van der Waals surface area contributed by atoms with Crippen molar-refractivity contribution >= 4 is 23.2 Å². The van der Waals surface area contributed by atoms with E-state index >= 15 is 0 Å². The number of benzene rings is 3. The highest BCUT2D eigenvalue weighted by Gasteiger charge is 2.26. The van der Waals surface area contributed by atoms with Gasteiger partial charge in [0.15, 0.2) is 0 Å². The highest BCUT2D eigenvalue weighted by atomic mass is 35.5. The molecule has 0 saturated carbocycles. The van der Waals surface area contributed by atoms with E-state index < -0.39 is 5.91 Å². The van der Waals surface area contributed by atoms with E-state index in [9.17, 15) is 10.1 Å². The number of rotatable bonds is 6. The summed E-state index contributed by atoms with van der Waals surface area (Å²) in [5.41, 5.74) is 3.15. The summed E-state index contributed by atoms with van der Waals surface area (Å²) >= 11 is 5.98. The predicted molar refractivity (Wildman–Crippen MR) is 132 cm³/mol. The van der Waals surface area contributed by atoms with Gasteiger partial charge in [-0.05, 0) is 29.3 Å².